The standard InChI is InChI=1S/C22H19ClFN5O3/c23-16-8-15-10-18(27-20(15)26-12-16)21(30)28-19(22(31)29-3-5-32-6-4-29)9-14-2-1-13(11-25)7-17(14)24/h1-2,7-8,10,12,19H,3-6,9H2,(H,26,27)(H,28,30). The molecule has 0 radical (unpaired) electrons. The lowest BCUT2D eigenvalue weighted by atomic mass is 10.0. The van der Waals surface area contributed by atoms with Gasteiger partial charge in [-0.1, -0.05) is 17.7 Å². The van der Waals surface area contributed by atoms with E-state index in [1.165, 1.54) is 18.3 Å². The van der Waals surface area contributed by atoms with Crippen LogP contribution in [0.15, 0.2) is 36.5 Å². The number of nitrogens with zero attached hydrogens (tertiary/aromatic N) is 3. The smallest absolute Gasteiger partial charge is 0.268 e. The number of carbonyl (C=O) groups is 2. The van der Waals surface area contributed by atoms with Crippen LogP contribution in [0.3, 0.4) is 0 Å². The molecule has 1 aromatic carbocycles. The second-order valence-electron chi connectivity index (χ2n) is 7.36. The first-order valence-electron chi connectivity index (χ1n) is 9.95. The molecule has 0 saturated carbocycles. The van der Waals surface area contributed by atoms with Crippen LogP contribution in [-0.2, 0) is 16.0 Å². The molecule has 1 atom stereocenters. The maximum absolute atomic E-state index is 14.5. The molecule has 0 bridgehead atoms. The molecule has 164 valence electrons. The summed E-state index contributed by atoms with van der Waals surface area (Å²) in [5.74, 6) is -1.47. The lowest BCUT2D eigenvalue weighted by Crippen LogP contribution is -2.52. The number of carbonyl (C=O) groups excluding carboxylic acids is 2. The van der Waals surface area contributed by atoms with Crippen molar-refractivity contribution in [3.63, 3.8) is 0 Å². The van der Waals surface area contributed by atoms with Crippen LogP contribution < -0.4 is 5.32 Å². The van der Waals surface area contributed by atoms with Crippen LogP contribution >= 0.6 is 11.6 Å². The highest BCUT2D eigenvalue weighted by Gasteiger charge is 2.29. The summed E-state index contributed by atoms with van der Waals surface area (Å²) < 4.78 is 19.8. The van der Waals surface area contributed by atoms with Gasteiger partial charge in [0.2, 0.25) is 5.91 Å². The van der Waals surface area contributed by atoms with Crippen molar-refractivity contribution in [2.75, 3.05) is 26.3 Å². The van der Waals surface area contributed by atoms with Gasteiger partial charge in [0, 0.05) is 31.1 Å². The monoisotopic (exact) mass is 455 g/mol. The SMILES string of the molecule is N#Cc1ccc(CC(NC(=O)c2cc3cc(Cl)cnc3[nH]2)C(=O)N2CCOCC2)c(F)c1. The number of pyridine rings is 1. The van der Waals surface area contributed by atoms with Gasteiger partial charge in [0.1, 0.15) is 23.2 Å². The van der Waals surface area contributed by atoms with Crippen LogP contribution in [0.5, 0.6) is 0 Å². The van der Waals surface area contributed by atoms with E-state index in [-0.39, 0.29) is 29.1 Å². The largest absolute Gasteiger partial charge is 0.378 e. The van der Waals surface area contributed by atoms with Crippen molar-refractivity contribution in [3.8, 4) is 6.07 Å². The minimum Gasteiger partial charge on any atom is -0.378 e. The Morgan fingerprint density at radius 3 is 2.81 bits per heavy atom. The number of aromatic nitrogens is 2. The number of benzene rings is 1. The second kappa shape index (κ2) is 9.34. The van der Waals surface area contributed by atoms with E-state index >= 15 is 0 Å². The number of hydrogen-bond acceptors (Lipinski definition) is 5. The summed E-state index contributed by atoms with van der Waals surface area (Å²) in [6.07, 6.45) is 1.39. The van der Waals surface area contributed by atoms with E-state index in [0.29, 0.717) is 42.4 Å². The van der Waals surface area contributed by atoms with Crippen LogP contribution in [0, 0.1) is 17.1 Å². The van der Waals surface area contributed by atoms with Gasteiger partial charge in [0.25, 0.3) is 5.91 Å². The molecule has 32 heavy (non-hydrogen) atoms. The number of rotatable bonds is 5. The van der Waals surface area contributed by atoms with Gasteiger partial charge in [-0.3, -0.25) is 9.59 Å². The van der Waals surface area contributed by atoms with Gasteiger partial charge in [-0.05, 0) is 29.8 Å². The maximum Gasteiger partial charge on any atom is 0.268 e. The second-order valence-corrected chi connectivity index (χ2v) is 7.80. The van der Waals surface area contributed by atoms with Gasteiger partial charge in [-0.2, -0.15) is 5.26 Å². The fourth-order valence-electron chi connectivity index (χ4n) is 3.55. The van der Waals surface area contributed by atoms with E-state index in [1.54, 1.807) is 17.0 Å². The lowest BCUT2D eigenvalue weighted by Gasteiger charge is -2.30. The molecule has 1 aliphatic heterocycles. The van der Waals surface area contributed by atoms with E-state index in [9.17, 15) is 14.0 Å². The third kappa shape index (κ3) is 4.72. The summed E-state index contributed by atoms with van der Waals surface area (Å²) in [6, 6.07) is 8.16. The number of amides is 2. The third-order valence-corrected chi connectivity index (χ3v) is 5.42. The molecule has 2 N–H and O–H groups in total. The lowest BCUT2D eigenvalue weighted by molar-refractivity contribution is -0.137. The van der Waals surface area contributed by atoms with Crippen molar-refractivity contribution in [2.45, 2.75) is 12.5 Å². The van der Waals surface area contributed by atoms with Crippen LogP contribution in [-0.4, -0.2) is 59.0 Å². The molecule has 1 aliphatic rings. The van der Waals surface area contributed by atoms with Crippen molar-refractivity contribution in [1.82, 2.24) is 20.2 Å². The first-order chi connectivity index (χ1) is 15.4. The first-order valence-corrected chi connectivity index (χ1v) is 10.3. The summed E-state index contributed by atoms with van der Waals surface area (Å²) in [6.45, 7) is 1.56. The Hall–Kier alpha value is -3.48. The van der Waals surface area contributed by atoms with E-state index in [2.05, 4.69) is 15.3 Å². The molecular formula is C22H19ClFN5O3. The zero-order chi connectivity index (χ0) is 22.7. The Labute approximate surface area is 187 Å². The Morgan fingerprint density at radius 2 is 2.09 bits per heavy atom. The fourth-order valence-corrected chi connectivity index (χ4v) is 3.72. The molecule has 8 nitrogen and oxygen atoms in total. The van der Waals surface area contributed by atoms with E-state index in [4.69, 9.17) is 21.6 Å². The van der Waals surface area contributed by atoms with Gasteiger partial charge < -0.3 is 19.9 Å². The van der Waals surface area contributed by atoms with Gasteiger partial charge in [-0.25, -0.2) is 9.37 Å². The van der Waals surface area contributed by atoms with Gasteiger partial charge >= 0.3 is 0 Å². The number of ether oxygens (including phenoxy) is 1. The van der Waals surface area contributed by atoms with Crippen LogP contribution in [0.25, 0.3) is 11.0 Å². The number of morpholine rings is 1. The van der Waals surface area contributed by atoms with Crippen molar-refractivity contribution >= 4 is 34.4 Å². The topological polar surface area (TPSA) is 111 Å². The Balaban J connectivity index is 1.59. The highest BCUT2D eigenvalue weighted by atomic mass is 35.5. The number of aromatic amines is 1. The number of nitriles is 1. The molecule has 3 heterocycles. The first kappa shape index (κ1) is 21.7. The molecule has 0 spiro atoms. The average molecular weight is 456 g/mol. The van der Waals surface area contributed by atoms with Gasteiger partial charge in [0.05, 0.1) is 29.9 Å². The van der Waals surface area contributed by atoms with Crippen LogP contribution in [0.4, 0.5) is 4.39 Å². The predicted octanol–water partition coefficient (Wildman–Crippen LogP) is 2.43. The summed E-state index contributed by atoms with van der Waals surface area (Å²) in [5.41, 5.74) is 1.08. The normalized spacial score (nSPS) is 14.7. The Kier molecular flexibility index (Phi) is 6.35. The maximum atomic E-state index is 14.5. The van der Waals surface area contributed by atoms with Crippen molar-refractivity contribution < 1.29 is 18.7 Å². The Morgan fingerprint density at radius 1 is 1.31 bits per heavy atom. The molecule has 1 unspecified atom stereocenters. The minimum absolute atomic E-state index is 0.0657. The minimum atomic E-state index is -1.01. The highest BCUT2D eigenvalue weighted by Crippen LogP contribution is 2.19. The average Bonchev–Trinajstić information content (AvgIpc) is 3.23. The molecule has 4 rings (SSSR count). The van der Waals surface area contributed by atoms with E-state index in [0.717, 1.165) is 6.07 Å². The predicted molar refractivity (Wildman–Crippen MR) is 115 cm³/mol. The molecule has 0 aliphatic carbocycles. The van der Waals surface area contributed by atoms with E-state index in [1.807, 2.05) is 6.07 Å². The molecule has 1 fully saturated rings. The number of H-pyrrole nitrogens is 1. The molecule has 1 saturated heterocycles. The quantitative estimate of drug-likeness (QED) is 0.613. The van der Waals surface area contributed by atoms with Crippen LogP contribution in [0.1, 0.15) is 21.6 Å². The summed E-state index contributed by atoms with van der Waals surface area (Å²) in [7, 11) is 0. The van der Waals surface area contributed by atoms with E-state index < -0.39 is 17.8 Å². The zero-order valence-electron chi connectivity index (χ0n) is 16.9. The van der Waals surface area contributed by atoms with Gasteiger partial charge in [-0.15, -0.1) is 0 Å². The molecule has 10 heteroatoms. The molecule has 2 amide bonds. The summed E-state index contributed by atoms with van der Waals surface area (Å²) in [4.78, 5) is 34.7. The number of hydrogen-bond donors (Lipinski definition) is 2. The molecule has 2 aromatic heterocycles. The highest BCUT2D eigenvalue weighted by molar-refractivity contribution is 6.31. The van der Waals surface area contributed by atoms with Crippen LogP contribution in [0.2, 0.25) is 5.02 Å². The van der Waals surface area contributed by atoms with Gasteiger partial charge in [0.15, 0.2) is 0 Å². The molecule has 3 aromatic rings. The van der Waals surface area contributed by atoms with Crippen molar-refractivity contribution in [1.29, 1.82) is 5.26 Å². The molecular weight excluding hydrogens is 437 g/mol. The Bertz CT molecular complexity index is 1220. The number of nitrogens with one attached hydrogen (secondary N) is 2. The third-order valence-electron chi connectivity index (χ3n) is 5.21. The zero-order valence-corrected chi connectivity index (χ0v) is 17.7. The summed E-state index contributed by atoms with van der Waals surface area (Å²) in [5, 5.41) is 12.7. The number of fused-ring (bicyclic) bond motifs is 1. The van der Waals surface area contributed by atoms with Crippen molar-refractivity contribution in [3.05, 3.63) is 64.2 Å². The number of halogens is 2. The fraction of sp³-hybridized carbons (Fsp3) is 0.273. The van der Waals surface area contributed by atoms with Crippen molar-refractivity contribution in [2.24, 2.45) is 0 Å². The summed E-state index contributed by atoms with van der Waals surface area (Å²) >= 11 is 5.95.